The number of nitrogens with one attached hydrogen (secondary N) is 1. The Morgan fingerprint density at radius 1 is 1.23 bits per heavy atom. The average Bonchev–Trinajstić information content (AvgIpc) is 2.58. The molecule has 26 heavy (non-hydrogen) atoms. The molecule has 1 N–H and O–H groups in total. The predicted octanol–water partition coefficient (Wildman–Crippen LogP) is 5.44. The zero-order valence-electron chi connectivity index (χ0n) is 14.7. The smallest absolute Gasteiger partial charge is 0.262 e. The Morgan fingerprint density at radius 2 is 1.92 bits per heavy atom. The highest BCUT2D eigenvalue weighted by molar-refractivity contribution is 14.1. The van der Waals surface area contributed by atoms with Crippen LogP contribution in [-0.2, 0) is 4.79 Å². The van der Waals surface area contributed by atoms with Gasteiger partial charge in [-0.05, 0) is 72.7 Å². The molecule has 0 saturated carbocycles. The highest BCUT2D eigenvalue weighted by Crippen LogP contribution is 2.34. The van der Waals surface area contributed by atoms with Crippen molar-refractivity contribution in [2.75, 3.05) is 11.9 Å². The first-order valence-corrected chi connectivity index (χ1v) is 9.55. The fourth-order valence-corrected chi connectivity index (χ4v) is 4.14. The molecule has 134 valence electrons. The number of benzene rings is 2. The van der Waals surface area contributed by atoms with Gasteiger partial charge < -0.3 is 10.1 Å². The quantitative estimate of drug-likeness (QED) is 0.506. The fourth-order valence-electron chi connectivity index (χ4n) is 2.97. The van der Waals surface area contributed by atoms with Crippen molar-refractivity contribution in [3.63, 3.8) is 0 Å². The molecule has 0 radical (unpaired) electrons. The molecule has 0 aliphatic rings. The molecule has 0 saturated heterocycles. The summed E-state index contributed by atoms with van der Waals surface area (Å²) in [5.74, 6) is 0.355. The zero-order chi connectivity index (χ0) is 18.8. The van der Waals surface area contributed by atoms with E-state index < -0.39 is 0 Å². The van der Waals surface area contributed by atoms with Gasteiger partial charge in [0, 0.05) is 17.3 Å². The summed E-state index contributed by atoms with van der Waals surface area (Å²) in [5.41, 5.74) is 4.72. The van der Waals surface area contributed by atoms with Crippen molar-refractivity contribution in [3.05, 3.63) is 61.8 Å². The van der Waals surface area contributed by atoms with E-state index in [1.54, 1.807) is 6.20 Å². The topological polar surface area (TPSA) is 51.2 Å². The van der Waals surface area contributed by atoms with Crippen LogP contribution in [0.4, 0.5) is 5.69 Å². The minimum Gasteiger partial charge on any atom is -0.480 e. The monoisotopic (exact) mass is 480 g/mol. The Morgan fingerprint density at radius 3 is 2.62 bits per heavy atom. The van der Waals surface area contributed by atoms with Crippen molar-refractivity contribution >= 4 is 56.7 Å². The lowest BCUT2D eigenvalue weighted by Crippen LogP contribution is -2.21. The van der Waals surface area contributed by atoms with Crippen LogP contribution in [0.1, 0.15) is 16.7 Å². The number of pyridine rings is 1. The Balaban J connectivity index is 1.80. The number of ether oxygens (including phenoxy) is 1. The van der Waals surface area contributed by atoms with Crippen LogP contribution in [0.25, 0.3) is 10.9 Å². The van der Waals surface area contributed by atoms with E-state index in [1.807, 2.05) is 51.1 Å². The van der Waals surface area contributed by atoms with Crippen molar-refractivity contribution in [1.82, 2.24) is 4.98 Å². The van der Waals surface area contributed by atoms with Crippen molar-refractivity contribution in [2.45, 2.75) is 20.8 Å². The summed E-state index contributed by atoms with van der Waals surface area (Å²) in [6.07, 6.45) is 1.68. The molecule has 3 aromatic rings. The molecule has 1 aromatic heterocycles. The summed E-state index contributed by atoms with van der Waals surface area (Å²) in [6, 6.07) is 9.60. The van der Waals surface area contributed by atoms with Crippen LogP contribution < -0.4 is 10.1 Å². The van der Waals surface area contributed by atoms with Gasteiger partial charge in [-0.2, -0.15) is 0 Å². The molecule has 0 atom stereocenters. The fraction of sp³-hybridized carbons (Fsp3) is 0.200. The molecule has 3 rings (SSSR count). The molecular weight excluding hydrogens is 463 g/mol. The number of hydrogen-bond donors (Lipinski definition) is 1. The standard InChI is InChI=1S/C20H18ClIN2O2/c1-11-7-12(2)18(13(3)8-11)24-17(25)10-26-20-16(22)9-15(21)14-5-4-6-23-19(14)20/h4-9H,10H2,1-3H3,(H,24,25). The third kappa shape index (κ3) is 3.94. The molecule has 0 fully saturated rings. The Bertz CT molecular complexity index is 982. The van der Waals surface area contributed by atoms with Crippen LogP contribution in [0, 0.1) is 24.3 Å². The van der Waals surface area contributed by atoms with Crippen LogP contribution in [0.2, 0.25) is 5.02 Å². The SMILES string of the molecule is Cc1cc(C)c(NC(=O)COc2c(I)cc(Cl)c3cccnc23)c(C)c1. The summed E-state index contributed by atoms with van der Waals surface area (Å²) < 4.78 is 6.62. The van der Waals surface area contributed by atoms with Gasteiger partial charge in [0.2, 0.25) is 0 Å². The maximum atomic E-state index is 12.4. The van der Waals surface area contributed by atoms with E-state index in [0.29, 0.717) is 16.3 Å². The summed E-state index contributed by atoms with van der Waals surface area (Å²) in [4.78, 5) is 16.8. The number of amides is 1. The summed E-state index contributed by atoms with van der Waals surface area (Å²) in [7, 11) is 0. The second-order valence-electron chi connectivity index (χ2n) is 6.18. The molecule has 0 bridgehead atoms. The molecule has 0 aliphatic heterocycles. The number of nitrogens with zero attached hydrogens (tertiary/aromatic N) is 1. The summed E-state index contributed by atoms with van der Waals surface area (Å²) in [6.45, 7) is 5.90. The molecule has 4 nitrogen and oxygen atoms in total. The zero-order valence-corrected chi connectivity index (χ0v) is 17.6. The number of aromatic nitrogens is 1. The third-order valence-electron chi connectivity index (χ3n) is 4.04. The number of rotatable bonds is 4. The lowest BCUT2D eigenvalue weighted by Gasteiger charge is -2.14. The molecule has 0 aliphatic carbocycles. The van der Waals surface area contributed by atoms with Gasteiger partial charge in [0.25, 0.3) is 5.91 Å². The van der Waals surface area contributed by atoms with Gasteiger partial charge in [0.05, 0.1) is 8.59 Å². The Hall–Kier alpha value is -1.86. The first-order valence-electron chi connectivity index (χ1n) is 8.10. The lowest BCUT2D eigenvalue weighted by atomic mass is 10.1. The van der Waals surface area contributed by atoms with E-state index in [-0.39, 0.29) is 12.5 Å². The van der Waals surface area contributed by atoms with Crippen LogP contribution in [0.3, 0.4) is 0 Å². The van der Waals surface area contributed by atoms with Gasteiger partial charge in [-0.15, -0.1) is 0 Å². The predicted molar refractivity (Wildman–Crippen MR) is 114 cm³/mol. The van der Waals surface area contributed by atoms with E-state index in [4.69, 9.17) is 16.3 Å². The maximum Gasteiger partial charge on any atom is 0.262 e. The largest absolute Gasteiger partial charge is 0.480 e. The Labute approximate surface area is 171 Å². The number of fused-ring (bicyclic) bond motifs is 1. The van der Waals surface area contributed by atoms with Crippen LogP contribution in [0.5, 0.6) is 5.75 Å². The number of aryl methyl sites for hydroxylation is 3. The first-order chi connectivity index (χ1) is 12.4. The minimum atomic E-state index is -0.213. The summed E-state index contributed by atoms with van der Waals surface area (Å²) >= 11 is 8.41. The second kappa shape index (κ2) is 7.80. The second-order valence-corrected chi connectivity index (χ2v) is 7.75. The van der Waals surface area contributed by atoms with Crippen LogP contribution in [0.15, 0.2) is 36.5 Å². The molecule has 1 amide bonds. The van der Waals surface area contributed by atoms with Crippen molar-refractivity contribution in [2.24, 2.45) is 0 Å². The van der Waals surface area contributed by atoms with E-state index >= 15 is 0 Å². The molecule has 0 spiro atoms. The number of carbonyl (C=O) groups is 1. The van der Waals surface area contributed by atoms with Gasteiger partial charge in [-0.25, -0.2) is 0 Å². The van der Waals surface area contributed by atoms with Gasteiger partial charge in [0.15, 0.2) is 12.4 Å². The van der Waals surface area contributed by atoms with E-state index in [1.165, 1.54) is 5.56 Å². The third-order valence-corrected chi connectivity index (χ3v) is 5.15. The lowest BCUT2D eigenvalue weighted by molar-refractivity contribution is -0.118. The highest BCUT2D eigenvalue weighted by Gasteiger charge is 2.14. The molecular formula is C20H18ClIN2O2. The van der Waals surface area contributed by atoms with Crippen molar-refractivity contribution in [1.29, 1.82) is 0 Å². The molecule has 2 aromatic carbocycles. The van der Waals surface area contributed by atoms with Crippen molar-refractivity contribution in [3.8, 4) is 5.75 Å². The van der Waals surface area contributed by atoms with Crippen molar-refractivity contribution < 1.29 is 9.53 Å². The minimum absolute atomic E-state index is 0.101. The van der Waals surface area contributed by atoms with Crippen LogP contribution >= 0.6 is 34.2 Å². The van der Waals surface area contributed by atoms with Gasteiger partial charge in [-0.1, -0.05) is 29.3 Å². The number of halogens is 2. The number of hydrogen-bond acceptors (Lipinski definition) is 3. The molecule has 1 heterocycles. The first kappa shape index (κ1) is 18.9. The normalized spacial score (nSPS) is 10.8. The highest BCUT2D eigenvalue weighted by atomic mass is 127. The Kier molecular flexibility index (Phi) is 5.67. The van der Waals surface area contributed by atoms with Crippen LogP contribution in [-0.4, -0.2) is 17.5 Å². The average molecular weight is 481 g/mol. The van der Waals surface area contributed by atoms with E-state index in [0.717, 1.165) is 25.8 Å². The van der Waals surface area contributed by atoms with E-state index in [2.05, 4.69) is 32.9 Å². The summed E-state index contributed by atoms with van der Waals surface area (Å²) in [5, 5.41) is 4.35. The number of anilines is 1. The molecule has 6 heteroatoms. The maximum absolute atomic E-state index is 12.4. The van der Waals surface area contributed by atoms with E-state index in [9.17, 15) is 4.79 Å². The molecule has 0 unspecified atom stereocenters. The van der Waals surface area contributed by atoms with Gasteiger partial charge in [0.1, 0.15) is 5.52 Å². The number of carbonyl (C=O) groups excluding carboxylic acids is 1. The van der Waals surface area contributed by atoms with Gasteiger partial charge in [-0.3, -0.25) is 9.78 Å². The van der Waals surface area contributed by atoms with Gasteiger partial charge >= 0.3 is 0 Å².